The van der Waals surface area contributed by atoms with Gasteiger partial charge in [0.1, 0.15) is 4.34 Å². The molecule has 2 atom stereocenters. The summed E-state index contributed by atoms with van der Waals surface area (Å²) in [5.74, 6) is 0. The number of rotatable bonds is 2. The lowest BCUT2D eigenvalue weighted by Gasteiger charge is -2.25. The zero-order valence-corrected chi connectivity index (χ0v) is 10.0. The summed E-state index contributed by atoms with van der Waals surface area (Å²) in [4.78, 5) is 4.47. The molecule has 1 aliphatic rings. The van der Waals surface area contributed by atoms with Gasteiger partial charge < -0.3 is 5.73 Å². The highest BCUT2D eigenvalue weighted by atomic mass is 32.2. The van der Waals surface area contributed by atoms with Gasteiger partial charge in [-0.1, -0.05) is 18.2 Å². The smallest absolute Gasteiger partial charge is 0.150 e. The molecule has 0 bridgehead atoms. The van der Waals surface area contributed by atoms with Crippen molar-refractivity contribution in [2.75, 3.05) is 0 Å². The molecule has 1 heterocycles. The van der Waals surface area contributed by atoms with Crippen molar-refractivity contribution >= 4 is 23.1 Å². The summed E-state index contributed by atoms with van der Waals surface area (Å²) in [5.41, 5.74) is 7.09. The Morgan fingerprint density at radius 1 is 1.57 bits per heavy atom. The molecule has 2 unspecified atom stereocenters. The van der Waals surface area contributed by atoms with Crippen LogP contribution in [0.1, 0.15) is 31.4 Å². The number of nitrogens with zero attached hydrogens (tertiary/aromatic N) is 1. The SMILES string of the molecule is Cc1csc(SC2CCCC(N)C2)n1. The van der Waals surface area contributed by atoms with Gasteiger partial charge in [0.15, 0.2) is 0 Å². The quantitative estimate of drug-likeness (QED) is 0.846. The van der Waals surface area contributed by atoms with Gasteiger partial charge in [-0.2, -0.15) is 0 Å². The van der Waals surface area contributed by atoms with Crippen molar-refractivity contribution in [3.8, 4) is 0 Å². The predicted octanol–water partition coefficient (Wildman–Crippen LogP) is 2.81. The van der Waals surface area contributed by atoms with Gasteiger partial charge in [0.25, 0.3) is 0 Å². The number of aromatic nitrogens is 1. The Kier molecular flexibility index (Phi) is 3.47. The van der Waals surface area contributed by atoms with Gasteiger partial charge in [-0.05, 0) is 26.2 Å². The van der Waals surface area contributed by atoms with E-state index in [0.717, 1.165) is 12.1 Å². The fraction of sp³-hybridized carbons (Fsp3) is 0.700. The third kappa shape index (κ3) is 2.72. The van der Waals surface area contributed by atoms with Crippen LogP contribution in [-0.4, -0.2) is 16.3 Å². The molecule has 14 heavy (non-hydrogen) atoms. The third-order valence-electron chi connectivity index (χ3n) is 2.53. The van der Waals surface area contributed by atoms with Gasteiger partial charge in [0.2, 0.25) is 0 Å². The standard InChI is InChI=1S/C10H16N2S2/c1-7-6-13-10(12-7)14-9-4-2-3-8(11)5-9/h6,8-9H,2-5,11H2,1H3. The van der Waals surface area contributed by atoms with E-state index in [0.29, 0.717) is 11.3 Å². The summed E-state index contributed by atoms with van der Waals surface area (Å²) < 4.78 is 1.21. The van der Waals surface area contributed by atoms with Crippen molar-refractivity contribution in [3.05, 3.63) is 11.1 Å². The molecule has 1 aliphatic carbocycles. The monoisotopic (exact) mass is 228 g/mol. The number of hydrogen-bond acceptors (Lipinski definition) is 4. The van der Waals surface area contributed by atoms with Crippen molar-refractivity contribution in [1.29, 1.82) is 0 Å². The van der Waals surface area contributed by atoms with Crippen LogP contribution >= 0.6 is 23.1 Å². The lowest BCUT2D eigenvalue weighted by Crippen LogP contribution is -2.29. The molecule has 0 saturated heterocycles. The first-order chi connectivity index (χ1) is 6.74. The van der Waals surface area contributed by atoms with E-state index in [-0.39, 0.29) is 0 Å². The van der Waals surface area contributed by atoms with Crippen molar-refractivity contribution < 1.29 is 0 Å². The van der Waals surface area contributed by atoms with Crippen molar-refractivity contribution in [1.82, 2.24) is 4.98 Å². The molecule has 2 nitrogen and oxygen atoms in total. The number of aryl methyl sites for hydroxylation is 1. The van der Waals surface area contributed by atoms with Gasteiger partial charge in [0.05, 0.1) is 0 Å². The van der Waals surface area contributed by atoms with Crippen LogP contribution in [0.4, 0.5) is 0 Å². The molecular weight excluding hydrogens is 212 g/mol. The lowest BCUT2D eigenvalue weighted by molar-refractivity contribution is 0.451. The number of thioether (sulfide) groups is 1. The van der Waals surface area contributed by atoms with Crippen molar-refractivity contribution in [2.24, 2.45) is 5.73 Å². The maximum atomic E-state index is 5.95. The van der Waals surface area contributed by atoms with Gasteiger partial charge in [-0.25, -0.2) is 4.98 Å². The zero-order valence-electron chi connectivity index (χ0n) is 8.40. The second-order valence-electron chi connectivity index (χ2n) is 3.92. The molecule has 0 aromatic carbocycles. The van der Waals surface area contributed by atoms with E-state index in [1.54, 1.807) is 11.3 Å². The molecule has 2 rings (SSSR count). The van der Waals surface area contributed by atoms with Crippen molar-refractivity contribution in [3.63, 3.8) is 0 Å². The average molecular weight is 228 g/mol. The largest absolute Gasteiger partial charge is 0.328 e. The van der Waals surface area contributed by atoms with E-state index < -0.39 is 0 Å². The van der Waals surface area contributed by atoms with Gasteiger partial charge >= 0.3 is 0 Å². The molecule has 4 heteroatoms. The molecule has 1 aromatic heterocycles. The van der Waals surface area contributed by atoms with Gasteiger partial charge in [-0.15, -0.1) is 11.3 Å². The molecule has 0 amide bonds. The normalized spacial score (nSPS) is 27.9. The Balaban J connectivity index is 1.90. The molecule has 2 N–H and O–H groups in total. The van der Waals surface area contributed by atoms with E-state index in [1.165, 1.54) is 23.6 Å². The second kappa shape index (κ2) is 4.64. The number of nitrogens with two attached hydrogens (primary N) is 1. The maximum Gasteiger partial charge on any atom is 0.150 e. The van der Waals surface area contributed by atoms with Crippen LogP contribution in [0.3, 0.4) is 0 Å². The van der Waals surface area contributed by atoms with Crippen molar-refractivity contribution in [2.45, 2.75) is 48.2 Å². The molecule has 0 spiro atoms. The summed E-state index contributed by atoms with van der Waals surface area (Å²) in [6, 6.07) is 0.419. The topological polar surface area (TPSA) is 38.9 Å². The summed E-state index contributed by atoms with van der Waals surface area (Å²) in [5, 5.41) is 2.81. The highest BCUT2D eigenvalue weighted by molar-refractivity contribution is 8.01. The Bertz CT molecular complexity index is 298. The minimum atomic E-state index is 0.419. The Morgan fingerprint density at radius 3 is 3.07 bits per heavy atom. The van der Waals surface area contributed by atoms with E-state index >= 15 is 0 Å². The van der Waals surface area contributed by atoms with E-state index in [9.17, 15) is 0 Å². The number of thiazole rings is 1. The third-order valence-corrected chi connectivity index (χ3v) is 4.92. The van der Waals surface area contributed by atoms with Crippen LogP contribution in [0, 0.1) is 6.92 Å². The lowest BCUT2D eigenvalue weighted by atomic mass is 9.96. The molecule has 0 aliphatic heterocycles. The van der Waals surface area contributed by atoms with Crippen LogP contribution in [0.2, 0.25) is 0 Å². The van der Waals surface area contributed by atoms with E-state index in [2.05, 4.69) is 10.4 Å². The Hall–Kier alpha value is -0.0600. The van der Waals surface area contributed by atoms with Crippen LogP contribution in [0.5, 0.6) is 0 Å². The molecule has 1 saturated carbocycles. The van der Waals surface area contributed by atoms with E-state index in [4.69, 9.17) is 5.73 Å². The Labute approximate surface area is 93.3 Å². The molecule has 1 fully saturated rings. The predicted molar refractivity (Wildman–Crippen MR) is 62.9 cm³/mol. The second-order valence-corrected chi connectivity index (χ2v) is 6.33. The fourth-order valence-electron chi connectivity index (χ4n) is 1.82. The summed E-state index contributed by atoms with van der Waals surface area (Å²) in [7, 11) is 0. The fourth-order valence-corrected chi connectivity index (χ4v) is 4.22. The average Bonchev–Trinajstić information content (AvgIpc) is 2.51. The summed E-state index contributed by atoms with van der Waals surface area (Å²) in [6.07, 6.45) is 4.94. The highest BCUT2D eigenvalue weighted by Crippen LogP contribution is 2.34. The molecule has 78 valence electrons. The first-order valence-corrected chi connectivity index (χ1v) is 6.84. The maximum absolute atomic E-state index is 5.95. The van der Waals surface area contributed by atoms with Crippen LogP contribution in [0.15, 0.2) is 9.72 Å². The molecular formula is C10H16N2S2. The van der Waals surface area contributed by atoms with Crippen LogP contribution in [-0.2, 0) is 0 Å². The van der Waals surface area contributed by atoms with E-state index in [1.807, 2.05) is 18.7 Å². The number of hydrogen-bond donors (Lipinski definition) is 1. The minimum absolute atomic E-state index is 0.419. The Morgan fingerprint density at radius 2 is 2.43 bits per heavy atom. The first kappa shape index (κ1) is 10.5. The first-order valence-electron chi connectivity index (χ1n) is 5.08. The summed E-state index contributed by atoms with van der Waals surface area (Å²) >= 11 is 3.67. The molecule has 1 aromatic rings. The van der Waals surface area contributed by atoms with Crippen LogP contribution < -0.4 is 5.73 Å². The zero-order chi connectivity index (χ0) is 9.97. The van der Waals surface area contributed by atoms with Crippen LogP contribution in [0.25, 0.3) is 0 Å². The summed E-state index contributed by atoms with van der Waals surface area (Å²) in [6.45, 7) is 2.05. The minimum Gasteiger partial charge on any atom is -0.328 e. The molecule has 0 radical (unpaired) electrons. The van der Waals surface area contributed by atoms with Gasteiger partial charge in [-0.3, -0.25) is 0 Å². The van der Waals surface area contributed by atoms with Gasteiger partial charge in [0, 0.05) is 22.4 Å². The highest BCUT2D eigenvalue weighted by Gasteiger charge is 2.20.